The third-order valence-electron chi connectivity index (χ3n) is 6.90. The van der Waals surface area contributed by atoms with Crippen LogP contribution in [0.1, 0.15) is 59.8 Å². The van der Waals surface area contributed by atoms with Crippen LogP contribution < -0.4 is 0 Å². The van der Waals surface area contributed by atoms with Crippen molar-refractivity contribution in [3.8, 4) is 0 Å². The van der Waals surface area contributed by atoms with Crippen molar-refractivity contribution in [1.82, 2.24) is 0 Å². The average Bonchev–Trinajstić information content (AvgIpc) is 2.80. The van der Waals surface area contributed by atoms with Crippen molar-refractivity contribution in [2.24, 2.45) is 22.7 Å². The number of esters is 1. The van der Waals surface area contributed by atoms with Crippen LogP contribution in [-0.2, 0) is 9.53 Å². The van der Waals surface area contributed by atoms with Crippen LogP contribution in [0, 0.1) is 22.7 Å². The molecule has 1 saturated carbocycles. The predicted molar refractivity (Wildman–Crippen MR) is 91.9 cm³/mol. The molecule has 4 heteroatoms. The Balaban J connectivity index is 1.86. The van der Waals surface area contributed by atoms with Gasteiger partial charge in [-0.1, -0.05) is 38.8 Å². The molecule has 0 aromatic carbocycles. The van der Waals surface area contributed by atoms with E-state index in [2.05, 4.69) is 33.8 Å². The third-order valence-corrected chi connectivity index (χ3v) is 6.90. The molecule has 0 saturated heterocycles. The fourth-order valence-corrected chi connectivity index (χ4v) is 5.62. The van der Waals surface area contributed by atoms with Crippen molar-refractivity contribution >= 4 is 5.97 Å². The molecule has 2 N–H and O–H groups in total. The molecule has 1 aliphatic heterocycles. The van der Waals surface area contributed by atoms with E-state index in [1.807, 2.05) is 0 Å². The van der Waals surface area contributed by atoms with E-state index in [0.29, 0.717) is 17.8 Å². The van der Waals surface area contributed by atoms with Crippen LogP contribution in [0.4, 0.5) is 0 Å². The molecule has 1 heterocycles. The summed E-state index contributed by atoms with van der Waals surface area (Å²) in [5, 5.41) is 20.1. The van der Waals surface area contributed by atoms with Gasteiger partial charge in [0.2, 0.25) is 6.29 Å². The SMILES string of the molecule is CC1=CC[C@H]2C(C)(C)CCC[C@]2(C)[C@H]1C[C@H](O)C1=CC(O)OC1=O. The second kappa shape index (κ2) is 5.99. The maximum Gasteiger partial charge on any atom is 0.339 e. The zero-order chi connectivity index (χ0) is 17.7. The van der Waals surface area contributed by atoms with E-state index in [0.717, 1.165) is 12.8 Å². The van der Waals surface area contributed by atoms with Crippen LogP contribution in [-0.4, -0.2) is 28.6 Å². The van der Waals surface area contributed by atoms with Crippen molar-refractivity contribution in [1.29, 1.82) is 0 Å². The van der Waals surface area contributed by atoms with Gasteiger partial charge in [0, 0.05) is 0 Å². The molecule has 2 aliphatic carbocycles. The molecule has 0 amide bonds. The maximum atomic E-state index is 11.8. The molecule has 0 spiro atoms. The number of allylic oxidation sites excluding steroid dienone is 2. The van der Waals surface area contributed by atoms with E-state index in [1.54, 1.807) is 0 Å². The first kappa shape index (κ1) is 17.7. The highest BCUT2D eigenvalue weighted by atomic mass is 16.6. The number of ether oxygens (including phenoxy) is 1. The number of fused-ring (bicyclic) bond motifs is 1. The van der Waals surface area contributed by atoms with Gasteiger partial charge in [-0.25, -0.2) is 4.79 Å². The summed E-state index contributed by atoms with van der Waals surface area (Å²) in [4.78, 5) is 11.8. The van der Waals surface area contributed by atoms with Crippen molar-refractivity contribution in [2.75, 3.05) is 0 Å². The zero-order valence-corrected chi connectivity index (χ0v) is 15.2. The summed E-state index contributed by atoms with van der Waals surface area (Å²) in [7, 11) is 0. The summed E-state index contributed by atoms with van der Waals surface area (Å²) in [5.74, 6) is 0.241. The Morgan fingerprint density at radius 1 is 1.33 bits per heavy atom. The van der Waals surface area contributed by atoms with Crippen molar-refractivity contribution < 1.29 is 19.7 Å². The molecular weight excluding hydrogens is 304 g/mol. The first-order valence-electron chi connectivity index (χ1n) is 9.10. The molecule has 1 fully saturated rings. The Morgan fingerprint density at radius 3 is 2.67 bits per heavy atom. The predicted octanol–water partition coefficient (Wildman–Crippen LogP) is 3.34. The van der Waals surface area contributed by atoms with Crippen LogP contribution >= 0.6 is 0 Å². The van der Waals surface area contributed by atoms with Crippen LogP contribution in [0.3, 0.4) is 0 Å². The van der Waals surface area contributed by atoms with Gasteiger partial charge in [0.1, 0.15) is 0 Å². The zero-order valence-electron chi connectivity index (χ0n) is 15.2. The van der Waals surface area contributed by atoms with Crippen LogP contribution in [0.2, 0.25) is 0 Å². The molecule has 0 bridgehead atoms. The van der Waals surface area contributed by atoms with Gasteiger partial charge >= 0.3 is 5.97 Å². The molecule has 0 aromatic heterocycles. The van der Waals surface area contributed by atoms with Gasteiger partial charge in [0.05, 0.1) is 11.7 Å². The van der Waals surface area contributed by atoms with Gasteiger partial charge in [-0.15, -0.1) is 0 Å². The van der Waals surface area contributed by atoms with Gasteiger partial charge in [0.25, 0.3) is 0 Å². The lowest BCUT2D eigenvalue weighted by Crippen LogP contribution is -2.49. The topological polar surface area (TPSA) is 66.8 Å². The molecule has 0 radical (unpaired) electrons. The van der Waals surface area contributed by atoms with Gasteiger partial charge in [-0.2, -0.15) is 0 Å². The monoisotopic (exact) mass is 334 g/mol. The summed E-state index contributed by atoms with van der Waals surface area (Å²) in [5.41, 5.74) is 1.97. The quantitative estimate of drug-likeness (QED) is 0.614. The number of hydrogen-bond donors (Lipinski definition) is 2. The molecule has 3 rings (SSSR count). The minimum atomic E-state index is -1.22. The number of aliphatic hydroxyl groups excluding tert-OH is 2. The van der Waals surface area contributed by atoms with Gasteiger partial charge in [-0.05, 0) is 61.3 Å². The fourth-order valence-electron chi connectivity index (χ4n) is 5.62. The standard InChI is InChI=1S/C20H30O4/c1-12-6-7-16-19(2,3)8-5-9-20(16,4)14(12)11-15(21)13-10-17(22)24-18(13)23/h6,10,14-17,21-22H,5,7-9,11H2,1-4H3/t14-,15-,16-,17?,20+/m0/s1. The van der Waals surface area contributed by atoms with E-state index in [4.69, 9.17) is 4.74 Å². The van der Waals surface area contributed by atoms with Gasteiger partial charge in [0.15, 0.2) is 0 Å². The minimum Gasteiger partial charge on any atom is -0.429 e. The highest BCUT2D eigenvalue weighted by Gasteiger charge is 2.52. The summed E-state index contributed by atoms with van der Waals surface area (Å²) in [6, 6.07) is 0. The number of carbonyl (C=O) groups excluding carboxylic acids is 1. The third kappa shape index (κ3) is 2.84. The van der Waals surface area contributed by atoms with E-state index in [1.165, 1.54) is 24.5 Å². The van der Waals surface area contributed by atoms with E-state index >= 15 is 0 Å². The Kier molecular flexibility index (Phi) is 4.42. The number of aliphatic hydroxyl groups is 2. The second-order valence-electron chi connectivity index (χ2n) is 8.81. The minimum absolute atomic E-state index is 0.142. The Labute approximate surface area is 144 Å². The van der Waals surface area contributed by atoms with Crippen molar-refractivity contribution in [3.63, 3.8) is 0 Å². The van der Waals surface area contributed by atoms with E-state index < -0.39 is 18.4 Å². The van der Waals surface area contributed by atoms with Crippen LogP contribution in [0.15, 0.2) is 23.3 Å². The molecule has 1 unspecified atom stereocenters. The number of rotatable bonds is 3. The summed E-state index contributed by atoms with van der Waals surface area (Å²) in [6.45, 7) is 9.24. The Bertz CT molecular complexity index is 588. The normalized spacial score (nSPS) is 39.6. The first-order valence-corrected chi connectivity index (χ1v) is 9.10. The highest BCUT2D eigenvalue weighted by molar-refractivity contribution is 5.91. The van der Waals surface area contributed by atoms with E-state index in [9.17, 15) is 15.0 Å². The van der Waals surface area contributed by atoms with Crippen molar-refractivity contribution in [2.45, 2.75) is 72.2 Å². The average molecular weight is 334 g/mol. The Hall–Kier alpha value is -1.13. The summed E-state index contributed by atoms with van der Waals surface area (Å²) >= 11 is 0. The lowest BCUT2D eigenvalue weighted by Gasteiger charge is -2.57. The highest BCUT2D eigenvalue weighted by Crippen LogP contribution is 2.60. The summed E-state index contributed by atoms with van der Waals surface area (Å²) in [6.07, 6.45) is 6.79. The van der Waals surface area contributed by atoms with E-state index in [-0.39, 0.29) is 16.9 Å². The number of carbonyl (C=O) groups is 1. The second-order valence-corrected chi connectivity index (χ2v) is 8.81. The smallest absolute Gasteiger partial charge is 0.339 e. The molecule has 0 aromatic rings. The molecular formula is C20H30O4. The lowest BCUT2D eigenvalue weighted by atomic mass is 9.48. The van der Waals surface area contributed by atoms with Crippen LogP contribution in [0.25, 0.3) is 0 Å². The molecule has 4 nitrogen and oxygen atoms in total. The Morgan fingerprint density at radius 2 is 2.04 bits per heavy atom. The van der Waals surface area contributed by atoms with Gasteiger partial charge < -0.3 is 14.9 Å². The molecule has 5 atom stereocenters. The maximum absolute atomic E-state index is 11.8. The van der Waals surface area contributed by atoms with Crippen LogP contribution in [0.5, 0.6) is 0 Å². The largest absolute Gasteiger partial charge is 0.429 e. The number of cyclic esters (lactones) is 1. The fraction of sp³-hybridized carbons (Fsp3) is 0.750. The lowest BCUT2D eigenvalue weighted by molar-refractivity contribution is -0.152. The van der Waals surface area contributed by atoms with Crippen molar-refractivity contribution in [3.05, 3.63) is 23.3 Å². The number of hydrogen-bond acceptors (Lipinski definition) is 4. The summed E-state index contributed by atoms with van der Waals surface area (Å²) < 4.78 is 4.73. The molecule has 134 valence electrons. The van der Waals surface area contributed by atoms with Gasteiger partial charge in [-0.3, -0.25) is 0 Å². The molecule has 3 aliphatic rings. The molecule has 24 heavy (non-hydrogen) atoms. The first-order chi connectivity index (χ1) is 11.1.